The summed E-state index contributed by atoms with van der Waals surface area (Å²) in [6.45, 7) is 2.49. The number of methoxy groups -OCH3 is 1. The van der Waals surface area contributed by atoms with Crippen LogP contribution in [-0.2, 0) is 16.1 Å². The van der Waals surface area contributed by atoms with Gasteiger partial charge in [-0.2, -0.15) is 4.68 Å². The number of hydrogen-bond acceptors (Lipinski definition) is 6. The zero-order valence-electron chi connectivity index (χ0n) is 14.3. The van der Waals surface area contributed by atoms with Gasteiger partial charge in [-0.05, 0) is 24.6 Å². The lowest BCUT2D eigenvalue weighted by atomic mass is 10.2. The lowest BCUT2D eigenvalue weighted by Crippen LogP contribution is -2.34. The molecule has 0 bridgehead atoms. The van der Waals surface area contributed by atoms with E-state index in [-0.39, 0.29) is 18.0 Å². The number of carbonyl (C=O) groups excluding carboxylic acids is 1. The molecule has 0 atom stereocenters. The molecule has 9 nitrogen and oxygen atoms in total. The SMILES string of the molecule is COCCNC(=O)Cn1cnc2c(nnn2-c2ccc(C)c(Cl)c2)c1=O. The number of fused-ring (bicyclic) bond motifs is 1. The van der Waals surface area contributed by atoms with Crippen molar-refractivity contribution in [3.63, 3.8) is 0 Å². The molecule has 0 saturated heterocycles. The predicted octanol–water partition coefficient (Wildman–Crippen LogP) is 0.702. The maximum Gasteiger partial charge on any atom is 0.284 e. The Kier molecular flexibility index (Phi) is 5.29. The molecule has 0 aliphatic rings. The fourth-order valence-electron chi connectivity index (χ4n) is 2.35. The number of benzene rings is 1. The second-order valence-electron chi connectivity index (χ2n) is 5.63. The molecule has 0 saturated carbocycles. The number of nitrogens with one attached hydrogen (secondary N) is 1. The molecule has 3 rings (SSSR count). The van der Waals surface area contributed by atoms with Crippen molar-refractivity contribution in [3.8, 4) is 5.69 Å². The Morgan fingerprint density at radius 1 is 1.38 bits per heavy atom. The first kappa shape index (κ1) is 18.0. The van der Waals surface area contributed by atoms with Gasteiger partial charge in [-0.3, -0.25) is 14.2 Å². The third kappa shape index (κ3) is 3.58. The Balaban J connectivity index is 1.90. The van der Waals surface area contributed by atoms with Crippen LogP contribution >= 0.6 is 11.6 Å². The van der Waals surface area contributed by atoms with E-state index in [1.54, 1.807) is 13.2 Å². The van der Waals surface area contributed by atoms with Gasteiger partial charge in [-0.1, -0.05) is 22.9 Å². The van der Waals surface area contributed by atoms with Crippen LogP contribution in [-0.4, -0.2) is 50.7 Å². The third-order valence-corrected chi connectivity index (χ3v) is 4.18. The molecule has 0 radical (unpaired) electrons. The Bertz CT molecular complexity index is 1010. The molecule has 1 N–H and O–H groups in total. The van der Waals surface area contributed by atoms with E-state index in [4.69, 9.17) is 16.3 Å². The van der Waals surface area contributed by atoms with Crippen molar-refractivity contribution in [2.75, 3.05) is 20.3 Å². The molecule has 10 heteroatoms. The monoisotopic (exact) mass is 376 g/mol. The summed E-state index contributed by atoms with van der Waals surface area (Å²) in [6.07, 6.45) is 1.30. The summed E-state index contributed by atoms with van der Waals surface area (Å²) < 4.78 is 7.48. The molecule has 1 amide bonds. The van der Waals surface area contributed by atoms with Crippen molar-refractivity contribution in [3.05, 3.63) is 45.5 Å². The van der Waals surface area contributed by atoms with Crippen molar-refractivity contribution in [1.82, 2.24) is 29.9 Å². The molecule has 3 aromatic rings. The molecule has 26 heavy (non-hydrogen) atoms. The van der Waals surface area contributed by atoms with E-state index in [9.17, 15) is 9.59 Å². The van der Waals surface area contributed by atoms with E-state index in [2.05, 4.69) is 20.6 Å². The second-order valence-corrected chi connectivity index (χ2v) is 6.03. The quantitative estimate of drug-likeness (QED) is 0.635. The second kappa shape index (κ2) is 7.63. The van der Waals surface area contributed by atoms with Crippen molar-refractivity contribution >= 4 is 28.7 Å². The maximum atomic E-state index is 12.5. The number of rotatable bonds is 6. The highest BCUT2D eigenvalue weighted by molar-refractivity contribution is 6.31. The van der Waals surface area contributed by atoms with Crippen LogP contribution in [0.25, 0.3) is 16.9 Å². The highest BCUT2D eigenvalue weighted by atomic mass is 35.5. The van der Waals surface area contributed by atoms with Crippen LogP contribution in [0.1, 0.15) is 5.56 Å². The van der Waals surface area contributed by atoms with Gasteiger partial charge >= 0.3 is 0 Å². The highest BCUT2D eigenvalue weighted by Gasteiger charge is 2.15. The highest BCUT2D eigenvalue weighted by Crippen LogP contribution is 2.20. The van der Waals surface area contributed by atoms with Gasteiger partial charge in [0.15, 0.2) is 11.2 Å². The van der Waals surface area contributed by atoms with Crippen molar-refractivity contribution in [2.45, 2.75) is 13.5 Å². The van der Waals surface area contributed by atoms with Crippen molar-refractivity contribution < 1.29 is 9.53 Å². The average molecular weight is 377 g/mol. The number of hydrogen-bond donors (Lipinski definition) is 1. The number of halogens is 1. The number of ether oxygens (including phenoxy) is 1. The molecule has 2 aromatic heterocycles. The van der Waals surface area contributed by atoms with Crippen LogP contribution in [0.15, 0.2) is 29.3 Å². The molecular formula is C16H17ClN6O3. The third-order valence-electron chi connectivity index (χ3n) is 3.77. The lowest BCUT2D eigenvalue weighted by molar-refractivity contribution is -0.121. The minimum Gasteiger partial charge on any atom is -0.383 e. The van der Waals surface area contributed by atoms with Crippen LogP contribution in [0.4, 0.5) is 0 Å². The van der Waals surface area contributed by atoms with Gasteiger partial charge < -0.3 is 10.1 Å². The summed E-state index contributed by atoms with van der Waals surface area (Å²) in [6, 6.07) is 5.38. The minimum absolute atomic E-state index is 0.0777. The number of carbonyl (C=O) groups is 1. The molecule has 0 spiro atoms. The Hall–Kier alpha value is -2.78. The fraction of sp³-hybridized carbons (Fsp3) is 0.312. The molecule has 136 valence electrons. The average Bonchev–Trinajstić information content (AvgIpc) is 3.05. The standard InChI is InChI=1S/C16H17ClN6O3/c1-10-3-4-11(7-12(10)17)23-15-14(20-21-23)16(25)22(9-19-15)8-13(24)18-5-6-26-2/h3-4,7,9H,5-6,8H2,1-2H3,(H,18,24). The van der Waals surface area contributed by atoms with E-state index in [1.807, 2.05) is 19.1 Å². The topological polar surface area (TPSA) is 104 Å². The smallest absolute Gasteiger partial charge is 0.284 e. The van der Waals surface area contributed by atoms with E-state index in [0.717, 1.165) is 5.56 Å². The Morgan fingerprint density at radius 2 is 2.19 bits per heavy atom. The molecule has 0 aliphatic carbocycles. The summed E-state index contributed by atoms with van der Waals surface area (Å²) in [4.78, 5) is 28.6. The van der Waals surface area contributed by atoms with Gasteiger partial charge in [0, 0.05) is 18.7 Å². The summed E-state index contributed by atoms with van der Waals surface area (Å²) >= 11 is 6.15. The summed E-state index contributed by atoms with van der Waals surface area (Å²) in [5.74, 6) is -0.317. The maximum absolute atomic E-state index is 12.5. The van der Waals surface area contributed by atoms with Gasteiger partial charge in [0.2, 0.25) is 5.91 Å². The van der Waals surface area contributed by atoms with E-state index in [0.29, 0.717) is 29.5 Å². The molecule has 1 aromatic carbocycles. The molecule has 0 aliphatic heterocycles. The van der Waals surface area contributed by atoms with Crippen LogP contribution < -0.4 is 10.9 Å². The first-order valence-electron chi connectivity index (χ1n) is 7.84. The van der Waals surface area contributed by atoms with E-state index in [1.165, 1.54) is 15.6 Å². The normalized spacial score (nSPS) is 11.0. The Morgan fingerprint density at radius 3 is 2.92 bits per heavy atom. The van der Waals surface area contributed by atoms with Crippen LogP contribution in [0, 0.1) is 6.92 Å². The predicted molar refractivity (Wildman–Crippen MR) is 95.6 cm³/mol. The lowest BCUT2D eigenvalue weighted by Gasteiger charge is -2.07. The first-order valence-corrected chi connectivity index (χ1v) is 8.22. The van der Waals surface area contributed by atoms with Crippen LogP contribution in [0.2, 0.25) is 5.02 Å². The molecule has 0 unspecified atom stereocenters. The van der Waals surface area contributed by atoms with Crippen LogP contribution in [0.5, 0.6) is 0 Å². The number of nitrogens with zero attached hydrogens (tertiary/aromatic N) is 5. The summed E-state index contributed by atoms with van der Waals surface area (Å²) in [5, 5.41) is 11.1. The minimum atomic E-state index is -0.443. The largest absolute Gasteiger partial charge is 0.383 e. The summed E-state index contributed by atoms with van der Waals surface area (Å²) in [5.41, 5.74) is 1.50. The Labute approximate surface area is 153 Å². The van der Waals surface area contributed by atoms with Gasteiger partial charge in [-0.15, -0.1) is 5.10 Å². The van der Waals surface area contributed by atoms with Gasteiger partial charge in [0.25, 0.3) is 5.56 Å². The molecule has 0 fully saturated rings. The first-order chi connectivity index (χ1) is 12.5. The van der Waals surface area contributed by atoms with Gasteiger partial charge in [0.05, 0.1) is 12.3 Å². The van der Waals surface area contributed by atoms with Crippen molar-refractivity contribution in [1.29, 1.82) is 0 Å². The van der Waals surface area contributed by atoms with E-state index >= 15 is 0 Å². The molecule has 2 heterocycles. The number of amides is 1. The van der Waals surface area contributed by atoms with Gasteiger partial charge in [0.1, 0.15) is 12.9 Å². The number of aromatic nitrogens is 5. The molecular weight excluding hydrogens is 360 g/mol. The fourth-order valence-corrected chi connectivity index (χ4v) is 2.52. The van der Waals surface area contributed by atoms with E-state index < -0.39 is 5.56 Å². The summed E-state index contributed by atoms with van der Waals surface area (Å²) in [7, 11) is 1.54. The van der Waals surface area contributed by atoms with Gasteiger partial charge in [-0.25, -0.2) is 4.98 Å². The number of aryl methyl sites for hydroxylation is 1. The zero-order chi connectivity index (χ0) is 18.7. The van der Waals surface area contributed by atoms with Crippen molar-refractivity contribution in [2.24, 2.45) is 0 Å². The zero-order valence-corrected chi connectivity index (χ0v) is 15.0. The van der Waals surface area contributed by atoms with Crippen LogP contribution in [0.3, 0.4) is 0 Å².